The van der Waals surface area contributed by atoms with Crippen molar-refractivity contribution >= 4 is 39.3 Å². The average Bonchev–Trinajstić information content (AvgIpc) is 2.83. The predicted molar refractivity (Wildman–Crippen MR) is 138 cm³/mol. The fourth-order valence-corrected chi connectivity index (χ4v) is 4.01. The SMILES string of the molecule is COc1ccc(/C=N\NC(=S)Nc2cccc(S(=O)(=O)N(C)C)c2)cc1OCc1ccccc1. The fourth-order valence-electron chi connectivity index (χ4n) is 2.89. The van der Waals surface area contributed by atoms with Crippen molar-refractivity contribution < 1.29 is 17.9 Å². The van der Waals surface area contributed by atoms with Crippen LogP contribution in [0, 0.1) is 0 Å². The molecule has 3 aromatic rings. The van der Waals surface area contributed by atoms with Gasteiger partial charge in [-0.25, -0.2) is 12.7 Å². The lowest BCUT2D eigenvalue weighted by Gasteiger charge is -2.13. The lowest BCUT2D eigenvalue weighted by atomic mass is 10.2. The number of hydrazone groups is 1. The van der Waals surface area contributed by atoms with E-state index in [9.17, 15) is 8.42 Å². The van der Waals surface area contributed by atoms with Crippen molar-refractivity contribution in [3.8, 4) is 11.5 Å². The van der Waals surface area contributed by atoms with Gasteiger partial charge in [0.2, 0.25) is 10.0 Å². The van der Waals surface area contributed by atoms with Crippen LogP contribution < -0.4 is 20.2 Å². The molecule has 0 amide bonds. The zero-order chi connectivity index (χ0) is 24.6. The molecule has 0 fully saturated rings. The zero-order valence-electron chi connectivity index (χ0n) is 19.1. The van der Waals surface area contributed by atoms with E-state index < -0.39 is 10.0 Å². The Hall–Kier alpha value is -3.47. The highest BCUT2D eigenvalue weighted by atomic mass is 32.2. The second kappa shape index (κ2) is 11.6. The number of nitrogens with one attached hydrogen (secondary N) is 2. The second-order valence-corrected chi connectivity index (χ2v) is 9.88. The monoisotopic (exact) mass is 498 g/mol. The van der Waals surface area contributed by atoms with Gasteiger partial charge in [-0.1, -0.05) is 36.4 Å². The van der Waals surface area contributed by atoms with Crippen LogP contribution in [-0.4, -0.2) is 45.3 Å². The fraction of sp³-hybridized carbons (Fsp3) is 0.167. The Kier molecular flexibility index (Phi) is 8.58. The summed E-state index contributed by atoms with van der Waals surface area (Å²) in [7, 11) is 1.00. The first-order valence-electron chi connectivity index (χ1n) is 10.3. The van der Waals surface area contributed by atoms with Gasteiger partial charge >= 0.3 is 0 Å². The van der Waals surface area contributed by atoms with Gasteiger partial charge in [-0.3, -0.25) is 5.43 Å². The van der Waals surface area contributed by atoms with Crippen LogP contribution in [0.2, 0.25) is 0 Å². The maximum Gasteiger partial charge on any atom is 0.242 e. The Morgan fingerprint density at radius 2 is 1.79 bits per heavy atom. The van der Waals surface area contributed by atoms with Crippen LogP contribution in [0.5, 0.6) is 11.5 Å². The van der Waals surface area contributed by atoms with E-state index in [1.807, 2.05) is 42.5 Å². The zero-order valence-corrected chi connectivity index (χ0v) is 20.7. The average molecular weight is 499 g/mol. The number of methoxy groups -OCH3 is 1. The first-order chi connectivity index (χ1) is 16.3. The van der Waals surface area contributed by atoms with Crippen LogP contribution in [0.25, 0.3) is 0 Å². The third kappa shape index (κ3) is 6.77. The maximum absolute atomic E-state index is 12.3. The first kappa shape index (κ1) is 25.2. The van der Waals surface area contributed by atoms with Crippen molar-refractivity contribution in [1.29, 1.82) is 0 Å². The number of thiocarbonyl (C=S) groups is 1. The summed E-state index contributed by atoms with van der Waals surface area (Å²) in [6.07, 6.45) is 1.59. The molecule has 0 saturated carbocycles. The number of sulfonamides is 1. The summed E-state index contributed by atoms with van der Waals surface area (Å²) < 4.78 is 37.1. The minimum absolute atomic E-state index is 0.162. The summed E-state index contributed by atoms with van der Waals surface area (Å²) in [6.45, 7) is 0.409. The van der Waals surface area contributed by atoms with Crippen LogP contribution >= 0.6 is 12.2 Å². The topological polar surface area (TPSA) is 92.3 Å². The number of ether oxygens (including phenoxy) is 2. The number of hydrogen-bond acceptors (Lipinski definition) is 6. The largest absolute Gasteiger partial charge is 0.493 e. The summed E-state index contributed by atoms with van der Waals surface area (Å²) in [6, 6.07) is 21.7. The highest BCUT2D eigenvalue weighted by Crippen LogP contribution is 2.28. The Balaban J connectivity index is 1.62. The predicted octanol–water partition coefficient (Wildman–Crippen LogP) is 3.85. The van der Waals surface area contributed by atoms with Gasteiger partial charge in [-0.05, 0) is 59.7 Å². The molecule has 0 atom stereocenters. The molecule has 2 N–H and O–H groups in total. The smallest absolute Gasteiger partial charge is 0.242 e. The van der Waals surface area contributed by atoms with Gasteiger partial charge in [0, 0.05) is 19.8 Å². The number of anilines is 1. The lowest BCUT2D eigenvalue weighted by molar-refractivity contribution is 0.284. The molecule has 0 aromatic heterocycles. The maximum atomic E-state index is 12.3. The van der Waals surface area contributed by atoms with E-state index in [-0.39, 0.29) is 10.0 Å². The van der Waals surface area contributed by atoms with Crippen LogP contribution in [-0.2, 0) is 16.6 Å². The van der Waals surface area contributed by atoms with E-state index in [4.69, 9.17) is 21.7 Å². The molecule has 0 heterocycles. The molecule has 0 saturated heterocycles. The van der Waals surface area contributed by atoms with Crippen LogP contribution in [0.4, 0.5) is 5.69 Å². The molecule has 0 aliphatic carbocycles. The van der Waals surface area contributed by atoms with E-state index in [2.05, 4.69) is 15.8 Å². The molecular weight excluding hydrogens is 472 g/mol. The van der Waals surface area contributed by atoms with E-state index >= 15 is 0 Å². The molecule has 178 valence electrons. The third-order valence-electron chi connectivity index (χ3n) is 4.68. The standard InChI is InChI=1S/C24H26N4O4S2/c1-28(2)34(29,30)21-11-7-10-20(15-21)26-24(33)27-25-16-19-12-13-22(31-3)23(14-19)32-17-18-8-5-4-6-9-18/h4-16H,17H2,1-3H3,(H2,26,27,33)/b25-16-. The number of rotatable bonds is 9. The Bertz CT molecular complexity index is 1260. The normalized spacial score (nSPS) is 11.4. The molecule has 0 bridgehead atoms. The van der Waals surface area contributed by atoms with Gasteiger partial charge in [-0.15, -0.1) is 0 Å². The molecule has 0 aliphatic rings. The Morgan fingerprint density at radius 1 is 1.03 bits per heavy atom. The van der Waals surface area contributed by atoms with Gasteiger partial charge in [0.1, 0.15) is 6.61 Å². The highest BCUT2D eigenvalue weighted by Gasteiger charge is 2.17. The van der Waals surface area contributed by atoms with Crippen molar-refractivity contribution in [3.63, 3.8) is 0 Å². The molecule has 0 radical (unpaired) electrons. The van der Waals surface area contributed by atoms with E-state index in [0.717, 1.165) is 15.4 Å². The van der Waals surface area contributed by atoms with Crippen molar-refractivity contribution in [2.45, 2.75) is 11.5 Å². The number of benzene rings is 3. The van der Waals surface area contributed by atoms with Gasteiger partial charge < -0.3 is 14.8 Å². The van der Waals surface area contributed by atoms with E-state index in [1.165, 1.54) is 26.2 Å². The van der Waals surface area contributed by atoms with Crippen molar-refractivity contribution in [2.75, 3.05) is 26.5 Å². The Labute approximate surface area is 205 Å². The summed E-state index contributed by atoms with van der Waals surface area (Å²) in [5.74, 6) is 1.21. The van der Waals surface area contributed by atoms with Crippen molar-refractivity contribution in [1.82, 2.24) is 9.73 Å². The quantitative estimate of drug-likeness (QED) is 0.263. The summed E-state index contributed by atoms with van der Waals surface area (Å²) >= 11 is 5.26. The summed E-state index contributed by atoms with van der Waals surface area (Å²) in [4.78, 5) is 0.162. The molecular formula is C24H26N4O4S2. The molecule has 0 aliphatic heterocycles. The Morgan fingerprint density at radius 3 is 2.50 bits per heavy atom. The first-order valence-corrected chi connectivity index (χ1v) is 12.1. The van der Waals surface area contributed by atoms with Gasteiger partial charge in [0.05, 0.1) is 18.2 Å². The summed E-state index contributed by atoms with van der Waals surface area (Å²) in [5, 5.41) is 7.29. The van der Waals surface area contributed by atoms with Crippen LogP contribution in [0.1, 0.15) is 11.1 Å². The van der Waals surface area contributed by atoms with E-state index in [0.29, 0.717) is 23.8 Å². The molecule has 0 unspecified atom stereocenters. The molecule has 8 nitrogen and oxygen atoms in total. The van der Waals surface area contributed by atoms with Gasteiger partial charge in [0.25, 0.3) is 0 Å². The highest BCUT2D eigenvalue weighted by molar-refractivity contribution is 7.89. The lowest BCUT2D eigenvalue weighted by Crippen LogP contribution is -2.25. The van der Waals surface area contributed by atoms with Crippen LogP contribution in [0.15, 0.2) is 82.8 Å². The minimum Gasteiger partial charge on any atom is -0.493 e. The summed E-state index contributed by atoms with van der Waals surface area (Å²) in [5.41, 5.74) is 5.07. The van der Waals surface area contributed by atoms with Crippen molar-refractivity contribution in [3.05, 3.63) is 83.9 Å². The van der Waals surface area contributed by atoms with Crippen molar-refractivity contribution in [2.24, 2.45) is 5.10 Å². The van der Waals surface area contributed by atoms with Gasteiger partial charge in [-0.2, -0.15) is 5.10 Å². The number of nitrogens with zero attached hydrogens (tertiary/aromatic N) is 2. The molecule has 10 heteroatoms. The minimum atomic E-state index is -3.54. The molecule has 3 rings (SSSR count). The van der Waals surface area contributed by atoms with E-state index in [1.54, 1.807) is 31.5 Å². The van der Waals surface area contributed by atoms with Gasteiger partial charge in [0.15, 0.2) is 16.6 Å². The molecule has 0 spiro atoms. The molecule has 3 aromatic carbocycles. The number of hydrogen-bond donors (Lipinski definition) is 2. The van der Waals surface area contributed by atoms with Crippen LogP contribution in [0.3, 0.4) is 0 Å². The second-order valence-electron chi connectivity index (χ2n) is 7.32. The third-order valence-corrected chi connectivity index (χ3v) is 6.68. The molecule has 34 heavy (non-hydrogen) atoms.